The van der Waals surface area contributed by atoms with Gasteiger partial charge in [-0.25, -0.2) is 4.79 Å². The number of halogens is 2. The number of ketones is 1. The minimum Gasteiger partial charge on any atom is -0.459 e. The van der Waals surface area contributed by atoms with Crippen LogP contribution in [0.2, 0.25) is 10.0 Å². The molecule has 132 valence electrons. The van der Waals surface area contributed by atoms with E-state index in [0.717, 1.165) is 12.8 Å². The smallest absolute Gasteiger partial charge is 0.341 e. The van der Waals surface area contributed by atoms with Gasteiger partial charge in [0, 0.05) is 11.0 Å². The third-order valence-corrected chi connectivity index (χ3v) is 4.95. The van der Waals surface area contributed by atoms with Crippen LogP contribution in [0.3, 0.4) is 0 Å². The molecule has 1 aliphatic carbocycles. The number of ether oxygens (including phenoxy) is 1. The molecule has 0 spiro atoms. The Morgan fingerprint density at radius 2 is 1.92 bits per heavy atom. The van der Waals surface area contributed by atoms with E-state index in [9.17, 15) is 9.59 Å². The Morgan fingerprint density at radius 3 is 2.52 bits per heavy atom. The number of hydrogen-bond acceptors (Lipinski definition) is 5. The lowest BCUT2D eigenvalue weighted by Crippen LogP contribution is -2.15. The molecule has 1 heterocycles. The zero-order chi connectivity index (χ0) is 18.4. The Labute approximate surface area is 155 Å². The highest BCUT2D eigenvalue weighted by atomic mass is 35.5. The van der Waals surface area contributed by atoms with Crippen LogP contribution >= 0.6 is 23.2 Å². The third kappa shape index (κ3) is 3.31. The molecule has 0 unspecified atom stereocenters. The summed E-state index contributed by atoms with van der Waals surface area (Å²) < 4.78 is 10.5. The van der Waals surface area contributed by atoms with Crippen molar-refractivity contribution in [1.29, 1.82) is 0 Å². The van der Waals surface area contributed by atoms with Gasteiger partial charge in [-0.1, -0.05) is 35.3 Å². The maximum atomic E-state index is 13.0. The maximum absolute atomic E-state index is 13.0. The summed E-state index contributed by atoms with van der Waals surface area (Å²) in [6, 6.07) is 2.95. The number of carbonyl (C=O) groups excluding carboxylic acids is 2. The molecule has 0 aliphatic heterocycles. The van der Waals surface area contributed by atoms with E-state index in [4.69, 9.17) is 32.5 Å². The van der Waals surface area contributed by atoms with Gasteiger partial charge < -0.3 is 9.26 Å². The van der Waals surface area contributed by atoms with Crippen LogP contribution in [0.25, 0.3) is 0 Å². The Hall–Kier alpha value is -1.85. The Kier molecular flexibility index (Phi) is 4.64. The van der Waals surface area contributed by atoms with E-state index in [-0.39, 0.29) is 38.5 Å². The molecular weight excluding hydrogens is 365 g/mol. The SMILES string of the molecule is CC(C)OC(=O)c1c(Cl)ccc(C(=O)c2cnoc2C2(C)CC2)c1Cl. The summed E-state index contributed by atoms with van der Waals surface area (Å²) in [6.45, 7) is 5.45. The summed E-state index contributed by atoms with van der Waals surface area (Å²) in [5.74, 6) is -0.473. The molecule has 3 rings (SSSR count). The molecule has 0 saturated heterocycles. The van der Waals surface area contributed by atoms with E-state index >= 15 is 0 Å². The van der Waals surface area contributed by atoms with Gasteiger partial charge in [0.2, 0.25) is 0 Å². The lowest BCUT2D eigenvalue weighted by molar-refractivity contribution is 0.0378. The standard InChI is InChI=1S/C18H17Cl2NO4/c1-9(2)24-17(23)13-12(19)5-4-10(14(13)20)15(22)11-8-21-25-16(11)18(3)6-7-18/h4-5,8-9H,6-7H2,1-3H3. The first-order valence-electron chi connectivity index (χ1n) is 7.93. The first-order chi connectivity index (χ1) is 11.7. The number of hydrogen-bond donors (Lipinski definition) is 0. The first-order valence-corrected chi connectivity index (χ1v) is 8.69. The fourth-order valence-electron chi connectivity index (χ4n) is 2.58. The van der Waals surface area contributed by atoms with Crippen molar-refractivity contribution in [2.24, 2.45) is 0 Å². The molecule has 0 N–H and O–H groups in total. The van der Waals surface area contributed by atoms with E-state index < -0.39 is 5.97 Å². The van der Waals surface area contributed by atoms with Gasteiger partial charge in [0.15, 0.2) is 11.5 Å². The average Bonchev–Trinajstić information content (AvgIpc) is 3.08. The molecule has 0 atom stereocenters. The van der Waals surface area contributed by atoms with Gasteiger partial charge in [-0.15, -0.1) is 0 Å². The van der Waals surface area contributed by atoms with Crippen LogP contribution in [-0.2, 0) is 10.2 Å². The lowest BCUT2D eigenvalue weighted by atomic mass is 9.96. The van der Waals surface area contributed by atoms with Crippen molar-refractivity contribution in [1.82, 2.24) is 5.16 Å². The summed E-state index contributed by atoms with van der Waals surface area (Å²) in [6.07, 6.45) is 2.92. The summed E-state index contributed by atoms with van der Waals surface area (Å²) in [4.78, 5) is 25.2. The number of aromatic nitrogens is 1. The largest absolute Gasteiger partial charge is 0.459 e. The molecule has 5 nitrogen and oxygen atoms in total. The highest BCUT2D eigenvalue weighted by molar-refractivity contribution is 6.41. The normalized spacial score (nSPS) is 15.3. The minimum atomic E-state index is -0.667. The first kappa shape index (κ1) is 18.0. The summed E-state index contributed by atoms with van der Waals surface area (Å²) in [5.41, 5.74) is 0.334. The van der Waals surface area contributed by atoms with E-state index in [2.05, 4.69) is 5.16 Å². The minimum absolute atomic E-state index is 0.0153. The number of carbonyl (C=O) groups is 2. The van der Waals surface area contributed by atoms with Crippen LogP contribution in [0.5, 0.6) is 0 Å². The van der Waals surface area contributed by atoms with Gasteiger partial charge in [0.1, 0.15) is 0 Å². The summed E-state index contributed by atoms with van der Waals surface area (Å²) in [5, 5.41) is 3.86. The van der Waals surface area contributed by atoms with Crippen molar-refractivity contribution in [2.75, 3.05) is 0 Å². The van der Waals surface area contributed by atoms with Crippen molar-refractivity contribution in [3.63, 3.8) is 0 Å². The van der Waals surface area contributed by atoms with Gasteiger partial charge in [0.05, 0.1) is 33.5 Å². The van der Waals surface area contributed by atoms with Gasteiger partial charge in [-0.2, -0.15) is 0 Å². The second-order valence-corrected chi connectivity index (χ2v) is 7.48. The molecule has 1 aromatic carbocycles. The number of benzene rings is 1. The Balaban J connectivity index is 2.02. The zero-order valence-electron chi connectivity index (χ0n) is 14.1. The highest BCUT2D eigenvalue weighted by Crippen LogP contribution is 2.49. The van der Waals surface area contributed by atoms with Gasteiger partial charge in [-0.3, -0.25) is 4.79 Å². The summed E-state index contributed by atoms with van der Waals surface area (Å²) >= 11 is 12.4. The molecule has 25 heavy (non-hydrogen) atoms. The number of esters is 1. The molecule has 1 aliphatic rings. The van der Waals surface area contributed by atoms with E-state index in [1.54, 1.807) is 13.8 Å². The number of nitrogens with zero attached hydrogens (tertiary/aromatic N) is 1. The third-order valence-electron chi connectivity index (χ3n) is 4.25. The van der Waals surface area contributed by atoms with Gasteiger partial charge in [-0.05, 0) is 38.8 Å². The van der Waals surface area contributed by atoms with Crippen molar-refractivity contribution < 1.29 is 18.8 Å². The fourth-order valence-corrected chi connectivity index (χ4v) is 3.20. The van der Waals surface area contributed by atoms with Crippen LogP contribution in [0.15, 0.2) is 22.9 Å². The molecule has 0 radical (unpaired) electrons. The van der Waals surface area contributed by atoms with Crippen LogP contribution in [-0.4, -0.2) is 23.0 Å². The predicted octanol–water partition coefficient (Wildman–Crippen LogP) is 4.83. The van der Waals surface area contributed by atoms with E-state index in [1.807, 2.05) is 6.92 Å². The molecule has 7 heteroatoms. The fraction of sp³-hybridized carbons (Fsp3) is 0.389. The molecule has 0 bridgehead atoms. The lowest BCUT2D eigenvalue weighted by Gasteiger charge is -2.13. The van der Waals surface area contributed by atoms with Crippen molar-refractivity contribution >= 4 is 35.0 Å². The van der Waals surface area contributed by atoms with Gasteiger partial charge >= 0.3 is 5.97 Å². The molecule has 0 amide bonds. The van der Waals surface area contributed by atoms with E-state index in [1.165, 1.54) is 18.3 Å². The van der Waals surface area contributed by atoms with Crippen LogP contribution in [0.1, 0.15) is 65.7 Å². The van der Waals surface area contributed by atoms with Crippen molar-refractivity contribution in [3.05, 3.63) is 50.8 Å². The second kappa shape index (κ2) is 6.46. The van der Waals surface area contributed by atoms with E-state index in [0.29, 0.717) is 11.3 Å². The van der Waals surface area contributed by atoms with Crippen LogP contribution in [0.4, 0.5) is 0 Å². The van der Waals surface area contributed by atoms with Crippen molar-refractivity contribution in [3.8, 4) is 0 Å². The highest BCUT2D eigenvalue weighted by Gasteiger charge is 2.45. The quantitative estimate of drug-likeness (QED) is 0.547. The average molecular weight is 382 g/mol. The van der Waals surface area contributed by atoms with Gasteiger partial charge in [0.25, 0.3) is 0 Å². The molecule has 1 fully saturated rings. The molecule has 2 aromatic rings. The molecular formula is C18H17Cl2NO4. The monoisotopic (exact) mass is 381 g/mol. The Morgan fingerprint density at radius 1 is 1.24 bits per heavy atom. The van der Waals surface area contributed by atoms with Crippen LogP contribution in [0, 0.1) is 0 Å². The number of rotatable bonds is 5. The predicted molar refractivity (Wildman–Crippen MR) is 93.5 cm³/mol. The topological polar surface area (TPSA) is 69.4 Å². The molecule has 1 aromatic heterocycles. The zero-order valence-corrected chi connectivity index (χ0v) is 15.6. The second-order valence-electron chi connectivity index (χ2n) is 6.70. The maximum Gasteiger partial charge on any atom is 0.341 e. The van der Waals surface area contributed by atoms with Crippen molar-refractivity contribution in [2.45, 2.75) is 45.1 Å². The Bertz CT molecular complexity index is 853. The summed E-state index contributed by atoms with van der Waals surface area (Å²) in [7, 11) is 0. The van der Waals surface area contributed by atoms with Crippen LogP contribution < -0.4 is 0 Å². The molecule has 1 saturated carbocycles.